The van der Waals surface area contributed by atoms with Crippen molar-refractivity contribution in [3.8, 4) is 5.75 Å². The lowest BCUT2D eigenvalue weighted by Crippen LogP contribution is -2.40. The van der Waals surface area contributed by atoms with Gasteiger partial charge in [-0.2, -0.15) is 0 Å². The van der Waals surface area contributed by atoms with Crippen molar-refractivity contribution >= 4 is 23.5 Å². The zero-order valence-electron chi connectivity index (χ0n) is 11.5. The first-order valence-corrected chi connectivity index (χ1v) is 6.89. The summed E-state index contributed by atoms with van der Waals surface area (Å²) in [5.41, 5.74) is 0.375. The molecule has 1 saturated heterocycles. The quantitative estimate of drug-likeness (QED) is 0.865. The molecule has 0 aliphatic carbocycles. The topological polar surface area (TPSA) is 84.9 Å². The van der Waals surface area contributed by atoms with Crippen LogP contribution >= 0.6 is 11.6 Å². The third-order valence-corrected chi connectivity index (χ3v) is 3.56. The third kappa shape index (κ3) is 3.65. The van der Waals surface area contributed by atoms with Crippen LogP contribution in [0.5, 0.6) is 5.75 Å². The largest absolute Gasteiger partial charge is 0.495 e. The van der Waals surface area contributed by atoms with Crippen molar-refractivity contribution in [3.05, 3.63) is 28.8 Å². The van der Waals surface area contributed by atoms with Crippen molar-refractivity contribution in [2.45, 2.75) is 25.0 Å². The Morgan fingerprint density at radius 1 is 1.52 bits per heavy atom. The van der Waals surface area contributed by atoms with E-state index in [1.165, 1.54) is 13.2 Å². The third-order valence-electron chi connectivity index (χ3n) is 3.26. The van der Waals surface area contributed by atoms with E-state index in [1.54, 1.807) is 12.1 Å². The van der Waals surface area contributed by atoms with Gasteiger partial charge in [-0.25, -0.2) is 4.79 Å². The number of halogens is 1. The summed E-state index contributed by atoms with van der Waals surface area (Å²) in [5, 5.41) is 12.1. The fraction of sp³-hybridized carbons (Fsp3) is 0.429. The van der Waals surface area contributed by atoms with Gasteiger partial charge in [0, 0.05) is 6.61 Å². The maximum Gasteiger partial charge on any atom is 0.330 e. The summed E-state index contributed by atoms with van der Waals surface area (Å²) in [4.78, 5) is 23.4. The molecule has 0 spiro atoms. The van der Waals surface area contributed by atoms with Crippen molar-refractivity contribution in [2.24, 2.45) is 0 Å². The maximum atomic E-state index is 12.0. The Hall–Kier alpha value is -1.79. The molecule has 1 aromatic carbocycles. The molecule has 0 saturated carbocycles. The van der Waals surface area contributed by atoms with Crippen LogP contribution in [0.3, 0.4) is 0 Å². The Labute approximate surface area is 127 Å². The Morgan fingerprint density at radius 3 is 2.81 bits per heavy atom. The highest BCUT2D eigenvalue weighted by molar-refractivity contribution is 6.32. The zero-order chi connectivity index (χ0) is 15.4. The maximum absolute atomic E-state index is 12.0. The van der Waals surface area contributed by atoms with E-state index in [9.17, 15) is 14.7 Å². The Balaban J connectivity index is 2.16. The number of aliphatic carboxylic acids is 1. The van der Waals surface area contributed by atoms with Crippen LogP contribution in [0.2, 0.25) is 5.02 Å². The molecular formula is C14H16ClNO5. The first-order chi connectivity index (χ1) is 10.0. The molecule has 2 atom stereocenters. The summed E-state index contributed by atoms with van der Waals surface area (Å²) < 4.78 is 10.3. The average Bonchev–Trinajstić information content (AvgIpc) is 2.98. The Morgan fingerprint density at radius 2 is 2.29 bits per heavy atom. The van der Waals surface area contributed by atoms with Crippen LogP contribution < -0.4 is 10.1 Å². The van der Waals surface area contributed by atoms with Crippen LogP contribution in [-0.4, -0.2) is 36.8 Å². The summed E-state index contributed by atoms with van der Waals surface area (Å²) in [6.07, 6.45) is 0.812. The van der Waals surface area contributed by atoms with E-state index < -0.39 is 24.0 Å². The molecule has 1 fully saturated rings. The molecule has 0 radical (unpaired) electrons. The van der Waals surface area contributed by atoms with Gasteiger partial charge in [-0.3, -0.25) is 4.79 Å². The number of rotatable bonds is 5. The van der Waals surface area contributed by atoms with Crippen molar-refractivity contribution in [1.82, 2.24) is 5.32 Å². The monoisotopic (exact) mass is 313 g/mol. The number of nitrogens with one attached hydrogen (secondary N) is 1. The average molecular weight is 314 g/mol. The van der Waals surface area contributed by atoms with Crippen LogP contribution in [0.15, 0.2) is 18.2 Å². The number of carboxylic acid groups (broad SMARTS) is 1. The highest BCUT2D eigenvalue weighted by atomic mass is 35.5. The van der Waals surface area contributed by atoms with Gasteiger partial charge in [0.1, 0.15) is 11.9 Å². The van der Waals surface area contributed by atoms with Crippen molar-refractivity contribution in [1.29, 1.82) is 0 Å². The molecule has 0 bridgehead atoms. The number of carbonyl (C=O) groups is 2. The molecular weight excluding hydrogens is 298 g/mol. The highest BCUT2D eigenvalue weighted by Crippen LogP contribution is 2.28. The van der Waals surface area contributed by atoms with Gasteiger partial charge in [-0.15, -0.1) is 0 Å². The predicted octanol–water partition coefficient (Wildman–Crippen LogP) is 1.77. The second kappa shape index (κ2) is 6.78. The van der Waals surface area contributed by atoms with Gasteiger partial charge in [0.2, 0.25) is 5.91 Å². The number of methoxy groups -OCH3 is 1. The molecule has 6 nitrogen and oxygen atoms in total. The highest BCUT2D eigenvalue weighted by Gasteiger charge is 2.29. The Kier molecular flexibility index (Phi) is 5.03. The normalized spacial score (nSPS) is 19.0. The number of ether oxygens (including phenoxy) is 2. The standard InChI is InChI=1S/C14H16ClNO5/c1-20-10-5-4-8(7-9(10)15)12(14(18)19)16-13(17)11-3-2-6-21-11/h4-5,7,11-12H,2-3,6H2,1H3,(H,16,17)(H,18,19)/t11-,12?/m0/s1. The minimum atomic E-state index is -1.18. The first kappa shape index (κ1) is 15.6. The van der Waals surface area contributed by atoms with Gasteiger partial charge >= 0.3 is 5.97 Å². The predicted molar refractivity (Wildman–Crippen MR) is 75.5 cm³/mol. The molecule has 1 heterocycles. The summed E-state index contributed by atoms with van der Waals surface area (Å²) in [5.74, 6) is -1.15. The number of amides is 1. The van der Waals surface area contributed by atoms with Crippen molar-refractivity contribution in [3.63, 3.8) is 0 Å². The molecule has 1 aliphatic heterocycles. The lowest BCUT2D eigenvalue weighted by molar-refractivity contribution is -0.143. The van der Waals surface area contributed by atoms with Crippen LogP contribution in [-0.2, 0) is 14.3 Å². The number of carbonyl (C=O) groups excluding carboxylic acids is 1. The van der Waals surface area contributed by atoms with Gasteiger partial charge in [0.05, 0.1) is 12.1 Å². The minimum absolute atomic E-state index is 0.285. The number of hydrogen-bond donors (Lipinski definition) is 2. The number of hydrogen-bond acceptors (Lipinski definition) is 4. The minimum Gasteiger partial charge on any atom is -0.495 e. The molecule has 7 heteroatoms. The summed E-state index contributed by atoms with van der Waals surface area (Å²) in [6.45, 7) is 0.518. The molecule has 2 rings (SSSR count). The van der Waals surface area contributed by atoms with Crippen molar-refractivity contribution in [2.75, 3.05) is 13.7 Å². The molecule has 2 N–H and O–H groups in total. The van der Waals surface area contributed by atoms with Gasteiger partial charge in [0.25, 0.3) is 0 Å². The Bertz CT molecular complexity index is 542. The van der Waals surface area contributed by atoms with E-state index in [4.69, 9.17) is 21.1 Å². The van der Waals surface area contributed by atoms with E-state index in [2.05, 4.69) is 5.32 Å². The van der Waals surface area contributed by atoms with E-state index in [-0.39, 0.29) is 5.02 Å². The van der Waals surface area contributed by atoms with Crippen molar-refractivity contribution < 1.29 is 24.2 Å². The second-order valence-electron chi connectivity index (χ2n) is 4.68. The van der Waals surface area contributed by atoms with Crippen LogP contribution in [0.4, 0.5) is 0 Å². The van der Waals surface area contributed by atoms with Crippen LogP contribution in [0.1, 0.15) is 24.4 Å². The van der Waals surface area contributed by atoms with E-state index >= 15 is 0 Å². The molecule has 0 aromatic heterocycles. The lowest BCUT2D eigenvalue weighted by atomic mass is 10.1. The van der Waals surface area contributed by atoms with Gasteiger partial charge < -0.3 is 19.9 Å². The van der Waals surface area contributed by atoms with E-state index in [0.717, 1.165) is 6.42 Å². The molecule has 21 heavy (non-hydrogen) atoms. The first-order valence-electron chi connectivity index (χ1n) is 6.51. The van der Waals surface area contributed by atoms with Crippen LogP contribution in [0, 0.1) is 0 Å². The summed E-state index contributed by atoms with van der Waals surface area (Å²) in [6, 6.07) is 3.41. The molecule has 1 aromatic rings. The van der Waals surface area contributed by atoms with E-state index in [0.29, 0.717) is 24.3 Å². The van der Waals surface area contributed by atoms with Gasteiger partial charge in [0.15, 0.2) is 6.04 Å². The number of benzene rings is 1. The number of carboxylic acids is 1. The zero-order valence-corrected chi connectivity index (χ0v) is 12.2. The van der Waals surface area contributed by atoms with Gasteiger partial charge in [-0.1, -0.05) is 17.7 Å². The smallest absolute Gasteiger partial charge is 0.330 e. The molecule has 114 valence electrons. The van der Waals surface area contributed by atoms with Gasteiger partial charge in [-0.05, 0) is 30.5 Å². The molecule has 1 unspecified atom stereocenters. The van der Waals surface area contributed by atoms with Crippen LogP contribution in [0.25, 0.3) is 0 Å². The fourth-order valence-corrected chi connectivity index (χ4v) is 2.44. The SMILES string of the molecule is COc1ccc(C(NC(=O)[C@@H]2CCCO2)C(=O)O)cc1Cl. The summed E-state index contributed by atoms with van der Waals surface area (Å²) in [7, 11) is 1.47. The summed E-state index contributed by atoms with van der Waals surface area (Å²) >= 11 is 5.99. The molecule has 1 amide bonds. The fourth-order valence-electron chi connectivity index (χ4n) is 2.17. The van der Waals surface area contributed by atoms with E-state index in [1.807, 2.05) is 0 Å². The second-order valence-corrected chi connectivity index (χ2v) is 5.08. The molecule has 1 aliphatic rings. The lowest BCUT2D eigenvalue weighted by Gasteiger charge is -2.18.